The zero-order chi connectivity index (χ0) is 20.2. The van der Waals surface area contributed by atoms with Gasteiger partial charge in [-0.3, -0.25) is 4.79 Å². The van der Waals surface area contributed by atoms with Gasteiger partial charge in [-0.2, -0.15) is 0 Å². The van der Waals surface area contributed by atoms with E-state index < -0.39 is 4.75 Å². The van der Waals surface area contributed by atoms with Crippen molar-refractivity contribution in [1.29, 1.82) is 0 Å². The highest BCUT2D eigenvalue weighted by Crippen LogP contribution is 2.41. The number of hydrogen-bond donors (Lipinski definition) is 0. The van der Waals surface area contributed by atoms with Crippen molar-refractivity contribution in [3.8, 4) is 5.75 Å². The molecule has 2 aromatic carbocycles. The van der Waals surface area contributed by atoms with Crippen LogP contribution in [-0.2, 0) is 10.5 Å². The summed E-state index contributed by atoms with van der Waals surface area (Å²) in [4.78, 5) is 13.4. The number of ether oxygens (including phenoxy) is 1. The first-order chi connectivity index (χ1) is 12.7. The summed E-state index contributed by atoms with van der Waals surface area (Å²) in [5, 5.41) is 1.11. The number of rotatable bonds is 8. The Morgan fingerprint density at radius 2 is 1.74 bits per heavy atom. The summed E-state index contributed by atoms with van der Waals surface area (Å²) in [6, 6.07) is 13.3. The lowest BCUT2D eigenvalue weighted by molar-refractivity contribution is -0.123. The molecule has 2 nitrogen and oxygen atoms in total. The molecule has 2 atom stereocenters. The highest BCUT2D eigenvalue weighted by molar-refractivity contribution is 8.00. The van der Waals surface area contributed by atoms with Gasteiger partial charge in [-0.25, -0.2) is 0 Å². The van der Waals surface area contributed by atoms with Crippen LogP contribution in [0, 0.1) is 5.92 Å². The zero-order valence-electron chi connectivity index (χ0n) is 16.4. The molecule has 0 N–H and O–H groups in total. The highest BCUT2D eigenvalue weighted by Gasteiger charge is 2.40. The second-order valence-corrected chi connectivity index (χ2v) is 9.42. The Balaban J connectivity index is 2.20. The summed E-state index contributed by atoms with van der Waals surface area (Å²) in [5.74, 6) is 1.65. The Labute approximate surface area is 176 Å². The summed E-state index contributed by atoms with van der Waals surface area (Å²) in [6.07, 6.45) is 0. The third-order valence-electron chi connectivity index (χ3n) is 5.11. The lowest BCUT2D eigenvalue weighted by Crippen LogP contribution is -2.40. The maximum atomic E-state index is 13.4. The quantitative estimate of drug-likeness (QED) is 0.455. The van der Waals surface area contributed by atoms with Crippen LogP contribution in [0.15, 0.2) is 42.5 Å². The van der Waals surface area contributed by atoms with Gasteiger partial charge in [-0.15, -0.1) is 11.8 Å². The third kappa shape index (κ3) is 5.22. The number of methoxy groups -OCH3 is 1. The summed E-state index contributed by atoms with van der Waals surface area (Å²) in [5.41, 5.74) is 1.99. The molecule has 0 amide bonds. The average Bonchev–Trinajstić information content (AvgIpc) is 2.65. The molecule has 0 aromatic heterocycles. The molecule has 5 heteroatoms. The van der Waals surface area contributed by atoms with Gasteiger partial charge in [0, 0.05) is 21.7 Å². The number of thioether (sulfide) groups is 1. The van der Waals surface area contributed by atoms with E-state index in [4.69, 9.17) is 27.9 Å². The normalized spacial score (nSPS) is 14.7. The predicted octanol–water partition coefficient (Wildman–Crippen LogP) is 7.02. The van der Waals surface area contributed by atoms with Crippen LogP contribution in [0.1, 0.15) is 44.7 Å². The lowest BCUT2D eigenvalue weighted by atomic mass is 9.83. The molecule has 0 saturated heterocycles. The van der Waals surface area contributed by atoms with Crippen LogP contribution in [0.2, 0.25) is 10.0 Å². The number of ketones is 1. The van der Waals surface area contributed by atoms with Crippen LogP contribution >= 0.6 is 35.0 Å². The summed E-state index contributed by atoms with van der Waals surface area (Å²) in [6.45, 7) is 8.14. The van der Waals surface area contributed by atoms with Crippen LogP contribution in [0.4, 0.5) is 0 Å². The molecule has 27 heavy (non-hydrogen) atoms. The van der Waals surface area contributed by atoms with Crippen molar-refractivity contribution < 1.29 is 9.53 Å². The van der Waals surface area contributed by atoms with Crippen LogP contribution in [0.25, 0.3) is 0 Å². The first kappa shape index (κ1) is 22.1. The van der Waals surface area contributed by atoms with Gasteiger partial charge in [0.1, 0.15) is 5.75 Å². The smallest absolute Gasteiger partial charge is 0.156 e. The Kier molecular flexibility index (Phi) is 7.67. The first-order valence-corrected chi connectivity index (χ1v) is 10.7. The molecule has 0 aliphatic heterocycles. The molecular weight excluding hydrogens is 399 g/mol. The minimum absolute atomic E-state index is 0.181. The number of Topliss-reactive ketones (excluding diaryl/α,β-unsaturated/α-hetero) is 1. The number of hydrogen-bond acceptors (Lipinski definition) is 3. The number of halogens is 2. The average molecular weight is 425 g/mol. The van der Waals surface area contributed by atoms with E-state index in [2.05, 4.69) is 13.8 Å². The molecule has 0 aliphatic rings. The van der Waals surface area contributed by atoms with E-state index in [1.807, 2.05) is 44.2 Å². The highest BCUT2D eigenvalue weighted by atomic mass is 35.5. The van der Waals surface area contributed by atoms with Gasteiger partial charge in [0.2, 0.25) is 0 Å². The van der Waals surface area contributed by atoms with Crippen LogP contribution in [0.5, 0.6) is 5.75 Å². The molecule has 146 valence electrons. The van der Waals surface area contributed by atoms with Gasteiger partial charge in [0.05, 0.1) is 11.9 Å². The van der Waals surface area contributed by atoms with E-state index in [0.29, 0.717) is 10.0 Å². The number of benzene rings is 2. The van der Waals surface area contributed by atoms with Crippen LogP contribution in [0.3, 0.4) is 0 Å². The van der Waals surface area contributed by atoms with E-state index in [9.17, 15) is 4.79 Å². The van der Waals surface area contributed by atoms with Gasteiger partial charge in [0.25, 0.3) is 0 Å². The fourth-order valence-electron chi connectivity index (χ4n) is 2.90. The molecule has 0 aliphatic carbocycles. The zero-order valence-corrected chi connectivity index (χ0v) is 18.7. The Hall–Kier alpha value is -1.16. The van der Waals surface area contributed by atoms with Gasteiger partial charge in [-0.1, -0.05) is 62.2 Å². The molecule has 2 aromatic rings. The minimum atomic E-state index is -0.525. The largest absolute Gasteiger partial charge is 0.497 e. The number of carbonyl (C=O) groups is 1. The van der Waals surface area contributed by atoms with E-state index in [1.54, 1.807) is 31.0 Å². The lowest BCUT2D eigenvalue weighted by Gasteiger charge is -2.34. The van der Waals surface area contributed by atoms with E-state index >= 15 is 0 Å². The second kappa shape index (κ2) is 9.36. The summed E-state index contributed by atoms with van der Waals surface area (Å²) >= 11 is 14.0. The molecular formula is C22H26Cl2O2S. The molecule has 0 bridgehead atoms. The topological polar surface area (TPSA) is 26.3 Å². The molecule has 0 heterocycles. The maximum absolute atomic E-state index is 13.4. The molecule has 2 rings (SSSR count). The third-order valence-corrected chi connectivity index (χ3v) is 7.42. The standard InChI is InChI=1S/C22H26Cl2O2S/c1-14(2)22(4,27-13-16-6-9-18(26-5)10-7-16)21(25)15(3)19-11-8-17(23)12-20(19)24/h6-12,14-15H,13H2,1-5H3. The van der Waals surface area contributed by atoms with Gasteiger partial charge in [0.15, 0.2) is 5.78 Å². The van der Waals surface area contributed by atoms with Crippen molar-refractivity contribution >= 4 is 40.7 Å². The van der Waals surface area contributed by atoms with Crippen LogP contribution in [-0.4, -0.2) is 17.6 Å². The summed E-state index contributed by atoms with van der Waals surface area (Å²) < 4.78 is 4.68. The van der Waals surface area contributed by atoms with E-state index in [0.717, 1.165) is 22.6 Å². The van der Waals surface area contributed by atoms with Crippen molar-refractivity contribution in [3.63, 3.8) is 0 Å². The van der Waals surface area contributed by atoms with Crippen molar-refractivity contribution in [2.45, 2.75) is 44.1 Å². The molecule has 0 fully saturated rings. The van der Waals surface area contributed by atoms with E-state index in [-0.39, 0.29) is 17.6 Å². The first-order valence-electron chi connectivity index (χ1n) is 8.95. The predicted molar refractivity (Wildman–Crippen MR) is 117 cm³/mol. The van der Waals surface area contributed by atoms with Crippen molar-refractivity contribution in [2.24, 2.45) is 5.92 Å². The van der Waals surface area contributed by atoms with Gasteiger partial charge in [-0.05, 0) is 48.2 Å². The van der Waals surface area contributed by atoms with Gasteiger partial charge < -0.3 is 4.74 Å². The fourth-order valence-corrected chi connectivity index (χ4v) is 4.78. The van der Waals surface area contributed by atoms with Crippen LogP contribution < -0.4 is 4.74 Å². The van der Waals surface area contributed by atoms with Gasteiger partial charge >= 0.3 is 0 Å². The second-order valence-electron chi connectivity index (χ2n) is 7.15. The van der Waals surface area contributed by atoms with Crippen molar-refractivity contribution in [1.82, 2.24) is 0 Å². The fraction of sp³-hybridized carbons (Fsp3) is 0.409. The summed E-state index contributed by atoms with van der Waals surface area (Å²) in [7, 11) is 1.65. The number of carbonyl (C=O) groups excluding carboxylic acids is 1. The Morgan fingerprint density at radius 3 is 2.26 bits per heavy atom. The SMILES string of the molecule is COc1ccc(CSC(C)(C(=O)C(C)c2ccc(Cl)cc2Cl)C(C)C)cc1. The molecule has 0 spiro atoms. The molecule has 0 saturated carbocycles. The van der Waals surface area contributed by atoms with Crippen molar-refractivity contribution in [3.05, 3.63) is 63.6 Å². The Morgan fingerprint density at radius 1 is 1.11 bits per heavy atom. The molecule has 2 unspecified atom stereocenters. The molecule has 0 radical (unpaired) electrons. The maximum Gasteiger partial charge on any atom is 0.156 e. The monoisotopic (exact) mass is 424 g/mol. The minimum Gasteiger partial charge on any atom is -0.497 e. The Bertz CT molecular complexity index is 789. The van der Waals surface area contributed by atoms with E-state index in [1.165, 1.54) is 0 Å². The van der Waals surface area contributed by atoms with Crippen molar-refractivity contribution in [2.75, 3.05) is 7.11 Å².